The molecule has 0 aliphatic rings. The second-order valence-electron chi connectivity index (χ2n) is 7.18. The number of amides is 1. The zero-order valence-electron chi connectivity index (χ0n) is 17.2. The summed E-state index contributed by atoms with van der Waals surface area (Å²) in [6, 6.07) is 23.6. The third kappa shape index (κ3) is 3.96. The van der Waals surface area contributed by atoms with Crippen molar-refractivity contribution in [3.63, 3.8) is 0 Å². The van der Waals surface area contributed by atoms with Gasteiger partial charge in [-0.2, -0.15) is 0 Å². The molecule has 0 saturated heterocycles. The molecule has 1 atom stereocenters. The number of carbonyl (C=O) groups is 1. The minimum atomic E-state index is -0.684. The lowest BCUT2D eigenvalue weighted by Crippen LogP contribution is -2.29. The highest BCUT2D eigenvalue weighted by molar-refractivity contribution is 5.96. The first kappa shape index (κ1) is 20.9. The molecule has 0 saturated carbocycles. The van der Waals surface area contributed by atoms with Crippen LogP contribution in [0.15, 0.2) is 84.9 Å². The van der Waals surface area contributed by atoms with Crippen LogP contribution in [-0.4, -0.2) is 23.0 Å². The predicted molar refractivity (Wildman–Crippen MR) is 121 cm³/mol. The van der Waals surface area contributed by atoms with Gasteiger partial charge in [0.15, 0.2) is 5.75 Å². The zero-order valence-corrected chi connectivity index (χ0v) is 17.2. The van der Waals surface area contributed by atoms with Gasteiger partial charge in [-0.05, 0) is 34.5 Å². The molecule has 0 aliphatic heterocycles. The number of nitrogens with zero attached hydrogens (tertiary/aromatic N) is 1. The Kier molecular flexibility index (Phi) is 5.72. The Balaban J connectivity index is 1.81. The summed E-state index contributed by atoms with van der Waals surface area (Å²) in [6.07, 6.45) is 0. The number of fused-ring (bicyclic) bond motifs is 1. The molecule has 0 aromatic heterocycles. The first-order chi connectivity index (χ1) is 15.5. The smallest absolute Gasteiger partial charge is 0.311 e. The molecular formula is C25H20N2O5. The summed E-state index contributed by atoms with van der Waals surface area (Å²) in [6.45, 7) is 0. The van der Waals surface area contributed by atoms with Crippen LogP contribution in [0.25, 0.3) is 10.8 Å². The highest BCUT2D eigenvalue weighted by atomic mass is 16.6. The van der Waals surface area contributed by atoms with E-state index in [2.05, 4.69) is 5.32 Å². The lowest BCUT2D eigenvalue weighted by atomic mass is 9.92. The van der Waals surface area contributed by atoms with Gasteiger partial charge in [-0.1, -0.05) is 60.7 Å². The zero-order chi connectivity index (χ0) is 22.7. The van der Waals surface area contributed by atoms with Gasteiger partial charge in [0.25, 0.3) is 5.91 Å². The Labute approximate surface area is 184 Å². The highest BCUT2D eigenvalue weighted by Gasteiger charge is 2.25. The molecule has 4 aromatic rings. The SMILES string of the molecule is COc1ccc(C(=O)NC(c2ccccc2)c2c(O)ccc3ccccc23)cc1[N+](=O)[O-]. The number of aromatic hydroxyl groups is 1. The van der Waals surface area contributed by atoms with Crippen LogP contribution in [0.2, 0.25) is 0 Å². The molecular weight excluding hydrogens is 408 g/mol. The van der Waals surface area contributed by atoms with E-state index in [-0.39, 0.29) is 22.7 Å². The van der Waals surface area contributed by atoms with E-state index in [9.17, 15) is 20.0 Å². The molecule has 4 rings (SSSR count). The van der Waals surface area contributed by atoms with E-state index in [0.29, 0.717) is 5.56 Å². The monoisotopic (exact) mass is 428 g/mol. The fraction of sp³-hybridized carbons (Fsp3) is 0.0800. The lowest BCUT2D eigenvalue weighted by Gasteiger charge is -2.23. The number of rotatable bonds is 6. The van der Waals surface area contributed by atoms with Gasteiger partial charge in [0.1, 0.15) is 5.75 Å². The first-order valence-corrected chi connectivity index (χ1v) is 9.88. The molecule has 0 heterocycles. The van der Waals surface area contributed by atoms with Crippen molar-refractivity contribution in [3.05, 3.63) is 112 Å². The molecule has 32 heavy (non-hydrogen) atoms. The van der Waals surface area contributed by atoms with Crippen LogP contribution in [0.5, 0.6) is 11.5 Å². The largest absolute Gasteiger partial charge is 0.508 e. The molecule has 2 N–H and O–H groups in total. The van der Waals surface area contributed by atoms with Gasteiger partial charge in [0.05, 0.1) is 18.1 Å². The Bertz CT molecular complexity index is 1300. The van der Waals surface area contributed by atoms with Gasteiger partial charge >= 0.3 is 5.69 Å². The maximum atomic E-state index is 13.2. The first-order valence-electron chi connectivity index (χ1n) is 9.88. The van der Waals surface area contributed by atoms with Crippen molar-refractivity contribution in [1.82, 2.24) is 5.32 Å². The molecule has 7 heteroatoms. The lowest BCUT2D eigenvalue weighted by molar-refractivity contribution is -0.385. The predicted octanol–water partition coefficient (Wildman–Crippen LogP) is 4.98. The Morgan fingerprint density at radius 2 is 1.72 bits per heavy atom. The van der Waals surface area contributed by atoms with Gasteiger partial charge < -0.3 is 15.2 Å². The average Bonchev–Trinajstić information content (AvgIpc) is 2.82. The fourth-order valence-corrected chi connectivity index (χ4v) is 3.74. The number of phenolic OH excluding ortho intramolecular Hbond substituents is 1. The van der Waals surface area contributed by atoms with Crippen LogP contribution < -0.4 is 10.1 Å². The topological polar surface area (TPSA) is 102 Å². The van der Waals surface area contributed by atoms with Gasteiger partial charge in [-0.15, -0.1) is 0 Å². The van der Waals surface area contributed by atoms with Crippen molar-refractivity contribution in [2.24, 2.45) is 0 Å². The van der Waals surface area contributed by atoms with Crippen molar-refractivity contribution in [2.45, 2.75) is 6.04 Å². The second kappa shape index (κ2) is 8.77. The number of phenols is 1. The van der Waals surface area contributed by atoms with Crippen LogP contribution in [0.4, 0.5) is 5.69 Å². The normalized spacial score (nSPS) is 11.7. The van der Waals surface area contributed by atoms with E-state index < -0.39 is 16.9 Å². The summed E-state index contributed by atoms with van der Waals surface area (Å²) >= 11 is 0. The molecule has 0 aliphatic carbocycles. The average molecular weight is 428 g/mol. The summed E-state index contributed by atoms with van der Waals surface area (Å²) in [5.41, 5.74) is 1.11. The molecule has 0 fully saturated rings. The summed E-state index contributed by atoms with van der Waals surface area (Å²) in [4.78, 5) is 23.9. The second-order valence-corrected chi connectivity index (χ2v) is 7.18. The third-order valence-corrected chi connectivity index (χ3v) is 5.28. The van der Waals surface area contributed by atoms with E-state index in [0.717, 1.165) is 16.3 Å². The number of benzene rings is 4. The number of nitrogens with one attached hydrogen (secondary N) is 1. The van der Waals surface area contributed by atoms with Crippen molar-refractivity contribution in [3.8, 4) is 11.5 Å². The minimum Gasteiger partial charge on any atom is -0.508 e. The number of methoxy groups -OCH3 is 1. The van der Waals surface area contributed by atoms with Crippen LogP contribution in [0, 0.1) is 10.1 Å². The molecule has 0 bridgehead atoms. The molecule has 1 unspecified atom stereocenters. The number of nitro benzene ring substituents is 1. The highest BCUT2D eigenvalue weighted by Crippen LogP contribution is 2.36. The number of carbonyl (C=O) groups excluding carboxylic acids is 1. The maximum Gasteiger partial charge on any atom is 0.311 e. The number of ether oxygens (including phenoxy) is 1. The Morgan fingerprint density at radius 3 is 2.44 bits per heavy atom. The number of hydrogen-bond donors (Lipinski definition) is 2. The summed E-state index contributed by atoms with van der Waals surface area (Å²) in [5.74, 6) is -0.409. The van der Waals surface area contributed by atoms with E-state index in [1.807, 2.05) is 60.7 Å². The van der Waals surface area contributed by atoms with Crippen LogP contribution in [0.3, 0.4) is 0 Å². The van der Waals surface area contributed by atoms with E-state index in [4.69, 9.17) is 4.74 Å². The standard InChI is InChI=1S/C25H20N2O5/c1-32-22-14-12-18(15-20(22)27(30)31)25(29)26-24(17-8-3-2-4-9-17)23-19-10-6-5-7-16(19)11-13-21(23)28/h2-15,24,28H,1H3,(H,26,29). The minimum absolute atomic E-state index is 0.0403. The van der Waals surface area contributed by atoms with Crippen molar-refractivity contribution in [2.75, 3.05) is 7.11 Å². The van der Waals surface area contributed by atoms with Crippen molar-refractivity contribution in [1.29, 1.82) is 0 Å². The van der Waals surface area contributed by atoms with Gasteiger partial charge in [-0.25, -0.2) is 0 Å². The Morgan fingerprint density at radius 1 is 1.00 bits per heavy atom. The van der Waals surface area contributed by atoms with Crippen LogP contribution in [-0.2, 0) is 0 Å². The number of hydrogen-bond acceptors (Lipinski definition) is 5. The van der Waals surface area contributed by atoms with Gasteiger partial charge in [-0.3, -0.25) is 14.9 Å². The van der Waals surface area contributed by atoms with Crippen LogP contribution in [0.1, 0.15) is 27.5 Å². The summed E-state index contributed by atoms with van der Waals surface area (Å²) < 4.78 is 5.02. The van der Waals surface area contributed by atoms with Gasteiger partial charge in [0.2, 0.25) is 0 Å². The third-order valence-electron chi connectivity index (χ3n) is 5.28. The van der Waals surface area contributed by atoms with Gasteiger partial charge in [0, 0.05) is 17.2 Å². The number of nitro groups is 1. The van der Waals surface area contributed by atoms with Crippen molar-refractivity contribution < 1.29 is 19.6 Å². The molecule has 7 nitrogen and oxygen atoms in total. The van der Waals surface area contributed by atoms with E-state index >= 15 is 0 Å². The molecule has 0 spiro atoms. The van der Waals surface area contributed by atoms with E-state index in [1.165, 1.54) is 25.3 Å². The fourth-order valence-electron chi connectivity index (χ4n) is 3.74. The quantitative estimate of drug-likeness (QED) is 0.333. The van der Waals surface area contributed by atoms with E-state index in [1.54, 1.807) is 6.07 Å². The molecule has 1 amide bonds. The summed E-state index contributed by atoms with van der Waals surface area (Å²) in [5, 5.41) is 26.8. The molecule has 160 valence electrons. The van der Waals surface area contributed by atoms with Crippen LogP contribution >= 0.6 is 0 Å². The Hall–Kier alpha value is -4.39. The molecule has 0 radical (unpaired) electrons. The maximum absolute atomic E-state index is 13.2. The molecule has 4 aromatic carbocycles. The summed E-state index contributed by atoms with van der Waals surface area (Å²) in [7, 11) is 1.33. The van der Waals surface area contributed by atoms with Crippen molar-refractivity contribution >= 4 is 22.4 Å².